The molecule has 0 radical (unpaired) electrons. The summed E-state index contributed by atoms with van der Waals surface area (Å²) in [5, 5.41) is 12.9. The van der Waals surface area contributed by atoms with Crippen molar-refractivity contribution < 1.29 is 9.90 Å². The van der Waals surface area contributed by atoms with Crippen LogP contribution in [0.3, 0.4) is 0 Å². The molecule has 0 bridgehead atoms. The van der Waals surface area contributed by atoms with Gasteiger partial charge in [-0.05, 0) is 31.7 Å². The summed E-state index contributed by atoms with van der Waals surface area (Å²) in [5.74, 6) is -1.04. The second-order valence-corrected chi connectivity index (χ2v) is 3.77. The fraction of sp³-hybridized carbons (Fsp3) is 0.500. The highest BCUT2D eigenvalue weighted by molar-refractivity contribution is 5.71. The Morgan fingerprint density at radius 3 is 3.00 bits per heavy atom. The Morgan fingerprint density at radius 2 is 2.33 bits per heavy atom. The molecule has 0 unspecified atom stereocenters. The first-order valence-electron chi connectivity index (χ1n) is 4.94. The molecule has 1 atom stereocenters. The van der Waals surface area contributed by atoms with E-state index in [1.165, 1.54) is 13.0 Å². The normalized spacial score (nSPS) is 16.1. The van der Waals surface area contributed by atoms with Crippen molar-refractivity contribution in [3.63, 3.8) is 0 Å². The van der Waals surface area contributed by atoms with Crippen LogP contribution in [0.2, 0.25) is 0 Å². The molecule has 15 heavy (non-hydrogen) atoms. The average molecular weight is 208 g/mol. The third-order valence-corrected chi connectivity index (χ3v) is 2.71. The van der Waals surface area contributed by atoms with E-state index in [9.17, 15) is 9.59 Å². The molecule has 1 aliphatic carbocycles. The number of hydrogen-bond acceptors (Lipinski definition) is 3. The lowest BCUT2D eigenvalue weighted by Crippen LogP contribution is -2.30. The molecule has 0 saturated carbocycles. The maximum atomic E-state index is 11.6. The number of aromatic nitrogens is 2. The van der Waals surface area contributed by atoms with Gasteiger partial charge in [-0.25, -0.2) is 9.48 Å². The number of hydrogen-bond donors (Lipinski definition) is 1. The van der Waals surface area contributed by atoms with Gasteiger partial charge in [0.05, 0.1) is 5.69 Å². The van der Waals surface area contributed by atoms with Gasteiger partial charge in [-0.1, -0.05) is 0 Å². The molecule has 2 rings (SSSR count). The summed E-state index contributed by atoms with van der Waals surface area (Å²) in [4.78, 5) is 22.3. The van der Waals surface area contributed by atoms with Crippen LogP contribution in [0.4, 0.5) is 0 Å². The summed E-state index contributed by atoms with van der Waals surface area (Å²) in [6, 6.07) is 0.609. The van der Waals surface area contributed by atoms with E-state index in [1.807, 2.05) is 0 Å². The molecule has 1 N–H and O–H groups in total. The van der Waals surface area contributed by atoms with E-state index in [1.54, 1.807) is 0 Å². The van der Waals surface area contributed by atoms with Gasteiger partial charge in [0.25, 0.3) is 5.56 Å². The molecule has 0 fully saturated rings. The van der Waals surface area contributed by atoms with Crippen LogP contribution < -0.4 is 5.56 Å². The number of carboxylic acids is 1. The van der Waals surface area contributed by atoms with E-state index >= 15 is 0 Å². The van der Waals surface area contributed by atoms with Gasteiger partial charge < -0.3 is 5.11 Å². The van der Waals surface area contributed by atoms with E-state index in [2.05, 4.69) is 5.10 Å². The molecule has 5 nitrogen and oxygen atoms in total. The van der Waals surface area contributed by atoms with Crippen LogP contribution >= 0.6 is 0 Å². The molecule has 1 aliphatic rings. The standard InChI is InChI=1S/C10H12N2O3/c1-6(10(14)15)12-9(13)5-7-3-2-4-8(7)11-12/h5-6H,2-4H2,1H3,(H,14,15)/t6-/m0/s1. The van der Waals surface area contributed by atoms with Crippen molar-refractivity contribution in [1.82, 2.24) is 9.78 Å². The number of carbonyl (C=O) groups is 1. The number of aryl methyl sites for hydroxylation is 2. The Kier molecular flexibility index (Phi) is 2.30. The molecule has 0 saturated heterocycles. The highest BCUT2D eigenvalue weighted by Gasteiger charge is 2.20. The number of fused-ring (bicyclic) bond motifs is 1. The van der Waals surface area contributed by atoms with Crippen molar-refractivity contribution in [1.29, 1.82) is 0 Å². The van der Waals surface area contributed by atoms with Gasteiger partial charge in [0, 0.05) is 6.07 Å². The highest BCUT2D eigenvalue weighted by atomic mass is 16.4. The Balaban J connectivity index is 2.49. The van der Waals surface area contributed by atoms with Crippen LogP contribution in [-0.2, 0) is 17.6 Å². The van der Waals surface area contributed by atoms with E-state index < -0.39 is 12.0 Å². The van der Waals surface area contributed by atoms with Crippen molar-refractivity contribution in [2.75, 3.05) is 0 Å². The predicted octanol–water partition coefficient (Wildman–Crippen LogP) is 0.378. The zero-order chi connectivity index (χ0) is 11.0. The van der Waals surface area contributed by atoms with Gasteiger partial charge in [0.1, 0.15) is 0 Å². The van der Waals surface area contributed by atoms with Gasteiger partial charge >= 0.3 is 5.97 Å². The molecular weight excluding hydrogens is 196 g/mol. The third-order valence-electron chi connectivity index (χ3n) is 2.71. The Labute approximate surface area is 86.4 Å². The first kappa shape index (κ1) is 9.89. The van der Waals surface area contributed by atoms with Crippen LogP contribution in [0.1, 0.15) is 30.6 Å². The summed E-state index contributed by atoms with van der Waals surface area (Å²) in [7, 11) is 0. The molecule has 1 aromatic heterocycles. The largest absolute Gasteiger partial charge is 0.480 e. The van der Waals surface area contributed by atoms with Crippen LogP contribution in [-0.4, -0.2) is 20.9 Å². The van der Waals surface area contributed by atoms with Crippen molar-refractivity contribution >= 4 is 5.97 Å². The summed E-state index contributed by atoms with van der Waals surface area (Å²) in [6.07, 6.45) is 2.70. The Morgan fingerprint density at radius 1 is 1.60 bits per heavy atom. The molecule has 1 aromatic rings. The van der Waals surface area contributed by atoms with Crippen molar-refractivity contribution in [3.8, 4) is 0 Å². The minimum absolute atomic E-state index is 0.328. The van der Waals surface area contributed by atoms with E-state index in [0.29, 0.717) is 0 Å². The molecular formula is C10H12N2O3. The summed E-state index contributed by atoms with van der Waals surface area (Å²) in [6.45, 7) is 1.46. The van der Waals surface area contributed by atoms with Gasteiger partial charge in [-0.3, -0.25) is 4.79 Å². The highest BCUT2D eigenvalue weighted by Crippen LogP contribution is 2.17. The van der Waals surface area contributed by atoms with E-state index in [4.69, 9.17) is 5.11 Å². The fourth-order valence-electron chi connectivity index (χ4n) is 1.80. The minimum Gasteiger partial charge on any atom is -0.480 e. The van der Waals surface area contributed by atoms with Gasteiger partial charge in [-0.2, -0.15) is 5.10 Å². The number of aliphatic carboxylic acids is 1. The number of rotatable bonds is 2. The summed E-state index contributed by atoms with van der Waals surface area (Å²) >= 11 is 0. The Hall–Kier alpha value is -1.65. The van der Waals surface area contributed by atoms with Crippen LogP contribution in [0.15, 0.2) is 10.9 Å². The number of carboxylic acid groups (broad SMARTS) is 1. The smallest absolute Gasteiger partial charge is 0.328 e. The predicted molar refractivity (Wildman–Crippen MR) is 52.9 cm³/mol. The maximum absolute atomic E-state index is 11.6. The lowest BCUT2D eigenvalue weighted by Gasteiger charge is -2.10. The van der Waals surface area contributed by atoms with Crippen molar-refractivity contribution in [3.05, 3.63) is 27.7 Å². The average Bonchev–Trinajstić information content (AvgIpc) is 2.62. The fourth-order valence-corrected chi connectivity index (χ4v) is 1.80. The van der Waals surface area contributed by atoms with Gasteiger partial charge in [0.2, 0.25) is 0 Å². The SMILES string of the molecule is C[C@@H](C(=O)O)n1nc2c(cc1=O)CCC2. The number of nitrogens with zero attached hydrogens (tertiary/aromatic N) is 2. The zero-order valence-electron chi connectivity index (χ0n) is 8.43. The van der Waals surface area contributed by atoms with Crippen molar-refractivity contribution in [2.45, 2.75) is 32.2 Å². The quantitative estimate of drug-likeness (QED) is 0.762. The Bertz CT molecular complexity index is 464. The molecule has 0 spiro atoms. The minimum atomic E-state index is -1.04. The van der Waals surface area contributed by atoms with Crippen LogP contribution in [0.25, 0.3) is 0 Å². The lowest BCUT2D eigenvalue weighted by molar-refractivity contribution is -0.140. The molecule has 80 valence electrons. The van der Waals surface area contributed by atoms with E-state index in [-0.39, 0.29) is 5.56 Å². The first-order valence-corrected chi connectivity index (χ1v) is 4.94. The monoisotopic (exact) mass is 208 g/mol. The van der Waals surface area contributed by atoms with Crippen LogP contribution in [0.5, 0.6) is 0 Å². The molecule has 5 heteroatoms. The lowest BCUT2D eigenvalue weighted by atomic mass is 10.2. The second-order valence-electron chi connectivity index (χ2n) is 3.77. The van der Waals surface area contributed by atoms with Gasteiger partial charge in [0.15, 0.2) is 6.04 Å². The maximum Gasteiger partial charge on any atom is 0.328 e. The first-order chi connectivity index (χ1) is 7.09. The van der Waals surface area contributed by atoms with Crippen LogP contribution in [0, 0.1) is 0 Å². The summed E-state index contributed by atoms with van der Waals surface area (Å²) in [5.41, 5.74) is 1.50. The van der Waals surface area contributed by atoms with E-state index in [0.717, 1.165) is 35.2 Å². The zero-order valence-corrected chi connectivity index (χ0v) is 8.43. The molecule has 0 amide bonds. The summed E-state index contributed by atoms with van der Waals surface area (Å²) < 4.78 is 1.05. The third kappa shape index (κ3) is 1.65. The molecule has 0 aromatic carbocycles. The topological polar surface area (TPSA) is 72.2 Å². The molecule has 0 aliphatic heterocycles. The molecule has 1 heterocycles. The second kappa shape index (κ2) is 3.49. The van der Waals surface area contributed by atoms with Gasteiger partial charge in [-0.15, -0.1) is 0 Å². The van der Waals surface area contributed by atoms with Crippen molar-refractivity contribution in [2.24, 2.45) is 0 Å².